The van der Waals surface area contributed by atoms with Gasteiger partial charge in [0.25, 0.3) is 0 Å². The van der Waals surface area contributed by atoms with E-state index in [2.05, 4.69) is 12.1 Å². The molecule has 4 nitrogen and oxygen atoms in total. The molecule has 0 unspecified atom stereocenters. The highest BCUT2D eigenvalue weighted by atomic mass is 16.5. The van der Waals surface area contributed by atoms with Crippen molar-refractivity contribution < 1.29 is 14.6 Å². The molecule has 0 radical (unpaired) electrons. The summed E-state index contributed by atoms with van der Waals surface area (Å²) < 4.78 is 5.75. The van der Waals surface area contributed by atoms with E-state index in [-0.39, 0.29) is 12.0 Å². The Hall–Kier alpha value is -1.55. The molecule has 1 heterocycles. The van der Waals surface area contributed by atoms with E-state index in [1.165, 1.54) is 24.0 Å². The number of β-amino-alcohol motifs (C(OH)–C–C–N with tert-alkyl or cyclic N) is 1. The number of ether oxygens (including phenoxy) is 1. The van der Waals surface area contributed by atoms with Crippen molar-refractivity contribution in [3.63, 3.8) is 0 Å². The lowest BCUT2D eigenvalue weighted by Crippen LogP contribution is -2.29. The fourth-order valence-electron chi connectivity index (χ4n) is 3.18. The lowest BCUT2D eigenvalue weighted by atomic mass is 10.1. The minimum Gasteiger partial charge on any atom is -0.494 e. The number of hydrogen-bond donors (Lipinski definition) is 1. The lowest BCUT2D eigenvalue weighted by Gasteiger charge is -2.15. The van der Waals surface area contributed by atoms with Gasteiger partial charge in [0.05, 0.1) is 12.7 Å². The van der Waals surface area contributed by atoms with Crippen LogP contribution in [0.5, 0.6) is 5.75 Å². The fourth-order valence-corrected chi connectivity index (χ4v) is 3.18. The highest BCUT2D eigenvalue weighted by Crippen LogP contribution is 2.26. The van der Waals surface area contributed by atoms with E-state index in [9.17, 15) is 9.90 Å². The van der Waals surface area contributed by atoms with Crippen molar-refractivity contribution in [1.29, 1.82) is 0 Å². The largest absolute Gasteiger partial charge is 0.494 e. The minimum atomic E-state index is -0.336. The third kappa shape index (κ3) is 3.56. The van der Waals surface area contributed by atoms with Crippen LogP contribution in [0.25, 0.3) is 0 Å². The van der Waals surface area contributed by atoms with Gasteiger partial charge in [-0.2, -0.15) is 0 Å². The van der Waals surface area contributed by atoms with E-state index in [0.717, 1.165) is 18.6 Å². The number of carbonyl (C=O) groups is 1. The number of fused-ring (bicyclic) bond motifs is 1. The van der Waals surface area contributed by atoms with Gasteiger partial charge in [-0.25, -0.2) is 0 Å². The highest BCUT2D eigenvalue weighted by Gasteiger charge is 2.23. The number of carbonyl (C=O) groups excluding carboxylic acids is 1. The first kappa shape index (κ1) is 14.4. The van der Waals surface area contributed by atoms with Gasteiger partial charge in [-0.3, -0.25) is 4.79 Å². The summed E-state index contributed by atoms with van der Waals surface area (Å²) in [6.07, 6.45) is 5.18. The van der Waals surface area contributed by atoms with Crippen LogP contribution in [0.2, 0.25) is 0 Å². The number of likely N-dealkylation sites (tertiary alicyclic amines) is 1. The summed E-state index contributed by atoms with van der Waals surface area (Å²) >= 11 is 0. The van der Waals surface area contributed by atoms with E-state index in [4.69, 9.17) is 4.74 Å². The molecule has 1 aliphatic carbocycles. The van der Waals surface area contributed by atoms with Crippen LogP contribution in [0.3, 0.4) is 0 Å². The van der Waals surface area contributed by atoms with E-state index in [1.54, 1.807) is 4.90 Å². The van der Waals surface area contributed by atoms with E-state index >= 15 is 0 Å². The van der Waals surface area contributed by atoms with Gasteiger partial charge in [0.1, 0.15) is 5.75 Å². The summed E-state index contributed by atoms with van der Waals surface area (Å²) in [6, 6.07) is 6.33. The molecule has 2 aliphatic rings. The maximum atomic E-state index is 11.9. The summed E-state index contributed by atoms with van der Waals surface area (Å²) in [7, 11) is 0. The molecule has 1 atom stereocenters. The summed E-state index contributed by atoms with van der Waals surface area (Å²) in [6.45, 7) is 1.75. The first-order valence-electron chi connectivity index (χ1n) is 7.93. The van der Waals surface area contributed by atoms with Gasteiger partial charge < -0.3 is 14.7 Å². The van der Waals surface area contributed by atoms with Gasteiger partial charge in [0.15, 0.2) is 0 Å². The lowest BCUT2D eigenvalue weighted by molar-refractivity contribution is -0.130. The summed E-state index contributed by atoms with van der Waals surface area (Å²) in [5, 5.41) is 9.43. The topological polar surface area (TPSA) is 49.8 Å². The summed E-state index contributed by atoms with van der Waals surface area (Å²) in [5.74, 6) is 1.05. The molecule has 1 amide bonds. The number of benzene rings is 1. The average molecular weight is 289 g/mol. The molecule has 1 aromatic rings. The third-order valence-electron chi connectivity index (χ3n) is 4.39. The maximum Gasteiger partial charge on any atom is 0.222 e. The molecule has 0 spiro atoms. The van der Waals surface area contributed by atoms with Crippen LogP contribution in [0.4, 0.5) is 0 Å². The molecule has 1 saturated heterocycles. The van der Waals surface area contributed by atoms with E-state index in [1.807, 2.05) is 6.07 Å². The normalized spacial score (nSPS) is 20.6. The maximum absolute atomic E-state index is 11.9. The highest BCUT2D eigenvalue weighted by molar-refractivity contribution is 5.76. The van der Waals surface area contributed by atoms with Crippen LogP contribution in [0, 0.1) is 0 Å². The molecule has 1 N–H and O–H groups in total. The summed E-state index contributed by atoms with van der Waals surface area (Å²) in [5.41, 5.74) is 2.86. The molecule has 0 aromatic heterocycles. The Kier molecular flexibility index (Phi) is 4.44. The quantitative estimate of drug-likeness (QED) is 0.843. The van der Waals surface area contributed by atoms with Gasteiger partial charge in [0.2, 0.25) is 5.91 Å². The summed E-state index contributed by atoms with van der Waals surface area (Å²) in [4.78, 5) is 13.7. The Morgan fingerprint density at radius 2 is 2.19 bits per heavy atom. The fraction of sp³-hybridized carbons (Fsp3) is 0.588. The third-order valence-corrected chi connectivity index (χ3v) is 4.39. The number of aryl methyl sites for hydroxylation is 2. The van der Waals surface area contributed by atoms with Crippen LogP contribution >= 0.6 is 0 Å². The second-order valence-corrected chi connectivity index (χ2v) is 6.02. The first-order valence-corrected chi connectivity index (χ1v) is 7.93. The zero-order chi connectivity index (χ0) is 14.7. The SMILES string of the molecule is O=C(CCCOc1ccc2c(c1)CCC2)N1CC[C@@H](O)C1. The molecule has 0 bridgehead atoms. The van der Waals surface area contributed by atoms with Gasteiger partial charge in [-0.05, 0) is 55.4 Å². The molecule has 3 rings (SSSR count). The molecule has 114 valence electrons. The Labute approximate surface area is 125 Å². The molecule has 1 aliphatic heterocycles. The van der Waals surface area contributed by atoms with Crippen molar-refractivity contribution in [1.82, 2.24) is 4.90 Å². The van der Waals surface area contributed by atoms with Crippen LogP contribution < -0.4 is 4.74 Å². The van der Waals surface area contributed by atoms with Gasteiger partial charge >= 0.3 is 0 Å². The molecule has 1 fully saturated rings. The molecule has 0 saturated carbocycles. The van der Waals surface area contributed by atoms with Gasteiger partial charge in [-0.15, -0.1) is 0 Å². The monoisotopic (exact) mass is 289 g/mol. The predicted molar refractivity (Wildman–Crippen MR) is 80.4 cm³/mol. The number of hydrogen-bond acceptors (Lipinski definition) is 3. The number of amides is 1. The van der Waals surface area contributed by atoms with Crippen molar-refractivity contribution in [2.24, 2.45) is 0 Å². The zero-order valence-electron chi connectivity index (χ0n) is 12.4. The van der Waals surface area contributed by atoms with E-state index in [0.29, 0.717) is 32.5 Å². The Morgan fingerprint density at radius 1 is 1.33 bits per heavy atom. The van der Waals surface area contributed by atoms with Crippen molar-refractivity contribution in [2.45, 2.75) is 44.6 Å². The Balaban J connectivity index is 1.39. The predicted octanol–water partition coefficient (Wildman–Crippen LogP) is 1.93. The number of nitrogens with zero attached hydrogens (tertiary/aromatic N) is 1. The zero-order valence-corrected chi connectivity index (χ0v) is 12.4. The molecule has 21 heavy (non-hydrogen) atoms. The van der Waals surface area contributed by atoms with Crippen molar-refractivity contribution >= 4 is 5.91 Å². The van der Waals surface area contributed by atoms with Crippen LogP contribution in [-0.2, 0) is 17.6 Å². The minimum absolute atomic E-state index is 0.129. The number of rotatable bonds is 5. The smallest absolute Gasteiger partial charge is 0.222 e. The van der Waals surface area contributed by atoms with Crippen molar-refractivity contribution in [3.8, 4) is 5.75 Å². The standard InChI is InChI=1S/C17H23NO3/c19-15-8-9-18(12-15)17(20)5-2-10-21-16-7-6-13-3-1-4-14(13)11-16/h6-7,11,15,19H,1-5,8-10,12H2/t15-/m1/s1. The molecular weight excluding hydrogens is 266 g/mol. The number of aliphatic hydroxyl groups is 1. The van der Waals surface area contributed by atoms with Gasteiger partial charge in [-0.1, -0.05) is 6.07 Å². The van der Waals surface area contributed by atoms with Crippen LogP contribution in [-0.4, -0.2) is 41.7 Å². The van der Waals surface area contributed by atoms with Crippen LogP contribution in [0.1, 0.15) is 36.8 Å². The number of aliphatic hydroxyl groups excluding tert-OH is 1. The second-order valence-electron chi connectivity index (χ2n) is 6.02. The average Bonchev–Trinajstić information content (AvgIpc) is 3.11. The van der Waals surface area contributed by atoms with Crippen molar-refractivity contribution in [3.05, 3.63) is 29.3 Å². The van der Waals surface area contributed by atoms with Crippen LogP contribution in [0.15, 0.2) is 18.2 Å². The second kappa shape index (κ2) is 6.48. The van der Waals surface area contributed by atoms with E-state index < -0.39 is 0 Å². The molecule has 4 heteroatoms. The van der Waals surface area contributed by atoms with Gasteiger partial charge in [0, 0.05) is 19.5 Å². The Bertz CT molecular complexity index is 515. The first-order chi connectivity index (χ1) is 10.2. The van der Waals surface area contributed by atoms with Crippen molar-refractivity contribution in [2.75, 3.05) is 19.7 Å². The molecular formula is C17H23NO3. The Morgan fingerprint density at radius 3 is 3.00 bits per heavy atom. The molecule has 1 aromatic carbocycles.